The average Bonchev–Trinajstić information content (AvgIpc) is 2.82. The van der Waals surface area contributed by atoms with Gasteiger partial charge in [-0.2, -0.15) is 10.5 Å². The topological polar surface area (TPSA) is 101 Å². The molecule has 0 spiro atoms. The number of methoxy groups -OCH3 is 1. The number of nitrogen functional groups attached to an aromatic ring is 1. The minimum atomic E-state index is 0.0910. The predicted molar refractivity (Wildman–Crippen MR) is 64.0 cm³/mol. The van der Waals surface area contributed by atoms with Gasteiger partial charge in [0, 0.05) is 6.07 Å². The molecule has 1 aromatic carbocycles. The molecule has 0 bridgehead atoms. The molecule has 18 heavy (non-hydrogen) atoms. The van der Waals surface area contributed by atoms with Crippen molar-refractivity contribution >= 4 is 5.69 Å². The summed E-state index contributed by atoms with van der Waals surface area (Å²) >= 11 is 0. The zero-order valence-electron chi connectivity index (χ0n) is 9.58. The lowest BCUT2D eigenvalue weighted by molar-refractivity contribution is 0.417. The van der Waals surface area contributed by atoms with Crippen molar-refractivity contribution in [3.05, 3.63) is 35.9 Å². The lowest BCUT2D eigenvalue weighted by Gasteiger charge is -2.08. The number of aromatic nitrogens is 2. The van der Waals surface area contributed by atoms with E-state index in [1.807, 2.05) is 12.1 Å². The van der Waals surface area contributed by atoms with E-state index in [-0.39, 0.29) is 11.4 Å². The molecule has 0 aliphatic carbocycles. The molecule has 1 heterocycles. The largest absolute Gasteiger partial charge is 0.495 e. The number of hydrogen-bond acceptors (Lipinski definition) is 5. The summed E-state index contributed by atoms with van der Waals surface area (Å²) in [5.41, 5.74) is 7.15. The van der Waals surface area contributed by atoms with Gasteiger partial charge in [0.25, 0.3) is 0 Å². The molecule has 0 radical (unpaired) electrons. The molecule has 0 atom stereocenters. The Labute approximate surface area is 103 Å². The fraction of sp³-hybridized carbons (Fsp3) is 0.0833. The molecule has 6 nitrogen and oxygen atoms in total. The number of rotatable bonds is 2. The van der Waals surface area contributed by atoms with Crippen molar-refractivity contribution in [3.8, 4) is 23.6 Å². The Morgan fingerprint density at radius 1 is 1.33 bits per heavy atom. The van der Waals surface area contributed by atoms with Crippen molar-refractivity contribution in [1.82, 2.24) is 9.55 Å². The second kappa shape index (κ2) is 4.48. The number of nitriles is 2. The molecule has 88 valence electrons. The second-order valence-electron chi connectivity index (χ2n) is 3.46. The molecule has 0 aliphatic rings. The van der Waals surface area contributed by atoms with Crippen LogP contribution in [0.3, 0.4) is 0 Å². The third-order valence-electron chi connectivity index (χ3n) is 2.47. The molecule has 6 heteroatoms. The normalized spacial score (nSPS) is 9.50. The SMILES string of the molecule is COc1cc(-n2cnc(C#N)c2C#N)ccc1N. The van der Waals surface area contributed by atoms with Crippen LogP contribution in [0.2, 0.25) is 0 Å². The third-order valence-corrected chi connectivity index (χ3v) is 2.47. The number of nitrogens with two attached hydrogens (primary N) is 1. The zero-order valence-corrected chi connectivity index (χ0v) is 9.58. The predicted octanol–water partition coefficient (Wildman–Crippen LogP) is 1.21. The van der Waals surface area contributed by atoms with Crippen molar-refractivity contribution in [1.29, 1.82) is 10.5 Å². The number of anilines is 1. The second-order valence-corrected chi connectivity index (χ2v) is 3.46. The van der Waals surface area contributed by atoms with Gasteiger partial charge in [-0.25, -0.2) is 4.98 Å². The van der Waals surface area contributed by atoms with E-state index in [0.717, 1.165) is 0 Å². The highest BCUT2D eigenvalue weighted by Gasteiger charge is 2.12. The average molecular weight is 239 g/mol. The van der Waals surface area contributed by atoms with Crippen LogP contribution in [0.25, 0.3) is 5.69 Å². The molecule has 2 N–H and O–H groups in total. The standard InChI is InChI=1S/C12H9N5O/c1-18-12-4-8(2-3-9(12)15)17-7-16-10(5-13)11(17)6-14/h2-4,7H,15H2,1H3. The lowest BCUT2D eigenvalue weighted by Crippen LogP contribution is -1.99. The van der Waals surface area contributed by atoms with Crippen LogP contribution in [-0.4, -0.2) is 16.7 Å². The van der Waals surface area contributed by atoms with Gasteiger partial charge in [-0.3, -0.25) is 4.57 Å². The van der Waals surface area contributed by atoms with E-state index in [1.54, 1.807) is 18.2 Å². The fourth-order valence-corrected chi connectivity index (χ4v) is 1.58. The van der Waals surface area contributed by atoms with Crippen LogP contribution in [0.15, 0.2) is 24.5 Å². The van der Waals surface area contributed by atoms with E-state index in [0.29, 0.717) is 17.1 Å². The van der Waals surface area contributed by atoms with Crippen molar-refractivity contribution < 1.29 is 4.74 Å². The van der Waals surface area contributed by atoms with Gasteiger partial charge in [-0.05, 0) is 12.1 Å². The van der Waals surface area contributed by atoms with Crippen LogP contribution in [0.5, 0.6) is 5.75 Å². The minimum Gasteiger partial charge on any atom is -0.495 e. The van der Waals surface area contributed by atoms with E-state index in [9.17, 15) is 0 Å². The third kappa shape index (κ3) is 1.72. The van der Waals surface area contributed by atoms with Crippen LogP contribution in [0.4, 0.5) is 5.69 Å². The monoisotopic (exact) mass is 239 g/mol. The summed E-state index contributed by atoms with van der Waals surface area (Å²) in [6.45, 7) is 0. The Kier molecular flexibility index (Phi) is 2.86. The van der Waals surface area contributed by atoms with Crippen LogP contribution in [-0.2, 0) is 0 Å². The van der Waals surface area contributed by atoms with E-state index in [2.05, 4.69) is 4.98 Å². The first kappa shape index (κ1) is 11.5. The number of imidazole rings is 1. The molecule has 2 rings (SSSR count). The van der Waals surface area contributed by atoms with Crippen LogP contribution >= 0.6 is 0 Å². The van der Waals surface area contributed by atoms with Crippen LogP contribution < -0.4 is 10.5 Å². The van der Waals surface area contributed by atoms with E-state index in [1.165, 1.54) is 18.0 Å². The minimum absolute atomic E-state index is 0.0910. The molecule has 0 fully saturated rings. The molecule has 0 saturated carbocycles. The highest BCUT2D eigenvalue weighted by atomic mass is 16.5. The molecular formula is C12H9N5O. The zero-order chi connectivity index (χ0) is 13.1. The van der Waals surface area contributed by atoms with Crippen molar-refractivity contribution in [3.63, 3.8) is 0 Å². The number of ether oxygens (including phenoxy) is 1. The molecule has 0 unspecified atom stereocenters. The Morgan fingerprint density at radius 3 is 2.72 bits per heavy atom. The van der Waals surface area contributed by atoms with E-state index in [4.69, 9.17) is 21.0 Å². The maximum Gasteiger partial charge on any atom is 0.177 e. The van der Waals surface area contributed by atoms with Crippen molar-refractivity contribution in [2.45, 2.75) is 0 Å². The first-order valence-corrected chi connectivity index (χ1v) is 5.02. The summed E-state index contributed by atoms with van der Waals surface area (Å²) in [5, 5.41) is 17.9. The Morgan fingerprint density at radius 2 is 2.11 bits per heavy atom. The molecule has 2 aromatic rings. The summed E-state index contributed by atoms with van der Waals surface area (Å²) in [5.74, 6) is 0.503. The van der Waals surface area contributed by atoms with Gasteiger partial charge in [0.2, 0.25) is 0 Å². The maximum atomic E-state index is 9.04. The molecule has 0 aliphatic heterocycles. The smallest absolute Gasteiger partial charge is 0.177 e. The first-order valence-electron chi connectivity index (χ1n) is 5.02. The van der Waals surface area contributed by atoms with Crippen molar-refractivity contribution in [2.24, 2.45) is 0 Å². The van der Waals surface area contributed by atoms with Gasteiger partial charge in [0.15, 0.2) is 11.4 Å². The lowest BCUT2D eigenvalue weighted by atomic mass is 10.2. The van der Waals surface area contributed by atoms with Gasteiger partial charge in [0.05, 0.1) is 18.5 Å². The summed E-state index contributed by atoms with van der Waals surface area (Å²) < 4.78 is 6.62. The molecule has 1 aromatic heterocycles. The summed E-state index contributed by atoms with van der Waals surface area (Å²) in [7, 11) is 1.51. The Bertz CT molecular complexity index is 675. The highest BCUT2D eigenvalue weighted by Crippen LogP contribution is 2.25. The highest BCUT2D eigenvalue weighted by molar-refractivity contribution is 5.58. The molecule has 0 saturated heterocycles. The maximum absolute atomic E-state index is 9.04. The number of benzene rings is 1. The van der Waals surface area contributed by atoms with Gasteiger partial charge < -0.3 is 10.5 Å². The number of hydrogen-bond donors (Lipinski definition) is 1. The Balaban J connectivity index is 2.60. The molecular weight excluding hydrogens is 230 g/mol. The van der Waals surface area contributed by atoms with Crippen LogP contribution in [0.1, 0.15) is 11.4 Å². The quantitative estimate of drug-likeness (QED) is 0.793. The van der Waals surface area contributed by atoms with Gasteiger partial charge in [0.1, 0.15) is 24.2 Å². The van der Waals surface area contributed by atoms with Gasteiger partial charge in [-0.15, -0.1) is 0 Å². The van der Waals surface area contributed by atoms with Crippen LogP contribution in [0, 0.1) is 22.7 Å². The van der Waals surface area contributed by atoms with E-state index < -0.39 is 0 Å². The van der Waals surface area contributed by atoms with Gasteiger partial charge in [-0.1, -0.05) is 0 Å². The Hall–Kier alpha value is -2.99. The van der Waals surface area contributed by atoms with Crippen molar-refractivity contribution in [2.75, 3.05) is 12.8 Å². The first-order chi connectivity index (χ1) is 8.71. The van der Waals surface area contributed by atoms with Gasteiger partial charge >= 0.3 is 0 Å². The fourth-order valence-electron chi connectivity index (χ4n) is 1.58. The van der Waals surface area contributed by atoms with E-state index >= 15 is 0 Å². The summed E-state index contributed by atoms with van der Waals surface area (Å²) in [4.78, 5) is 3.87. The molecule has 0 amide bonds. The summed E-state index contributed by atoms with van der Waals surface area (Å²) in [6, 6.07) is 8.89. The summed E-state index contributed by atoms with van der Waals surface area (Å²) in [6.07, 6.45) is 1.42. The number of nitrogens with zero attached hydrogens (tertiary/aromatic N) is 4.